The second-order valence-electron chi connectivity index (χ2n) is 7.80. The zero-order chi connectivity index (χ0) is 23.5. The van der Waals surface area contributed by atoms with E-state index in [2.05, 4.69) is 0 Å². The molecule has 1 unspecified atom stereocenters. The molecule has 1 aliphatic heterocycles. The summed E-state index contributed by atoms with van der Waals surface area (Å²) >= 11 is 0. The second-order valence-corrected chi connectivity index (χ2v) is 7.80. The first kappa shape index (κ1) is 22.2. The molecule has 1 aromatic heterocycles. The van der Waals surface area contributed by atoms with Crippen LogP contribution >= 0.6 is 0 Å². The average Bonchev–Trinajstić information content (AvgIpc) is 3.41. The number of carbonyl (C=O) groups excluding carboxylic acids is 2. The summed E-state index contributed by atoms with van der Waals surface area (Å²) < 4.78 is 16.7. The van der Waals surface area contributed by atoms with Crippen molar-refractivity contribution in [1.82, 2.24) is 0 Å². The molecule has 3 aromatic rings. The quantitative estimate of drug-likeness (QED) is 0.308. The van der Waals surface area contributed by atoms with Crippen LogP contribution in [0.4, 0.5) is 5.69 Å². The van der Waals surface area contributed by atoms with Crippen molar-refractivity contribution in [2.45, 2.75) is 32.9 Å². The number of carbonyl (C=O) groups is 2. The number of benzene rings is 2. The van der Waals surface area contributed by atoms with E-state index in [4.69, 9.17) is 13.9 Å². The molecule has 1 amide bonds. The fraction of sp³-hybridized carbons (Fsp3) is 0.231. The Labute approximate surface area is 191 Å². The fourth-order valence-electron chi connectivity index (χ4n) is 3.80. The number of hydrogen-bond donors (Lipinski definition) is 1. The van der Waals surface area contributed by atoms with Crippen molar-refractivity contribution in [1.29, 1.82) is 0 Å². The molecule has 1 atom stereocenters. The first-order chi connectivity index (χ1) is 15.9. The van der Waals surface area contributed by atoms with E-state index in [9.17, 15) is 14.7 Å². The van der Waals surface area contributed by atoms with Crippen molar-refractivity contribution in [2.24, 2.45) is 0 Å². The van der Waals surface area contributed by atoms with Crippen LogP contribution in [0.3, 0.4) is 0 Å². The van der Waals surface area contributed by atoms with Crippen LogP contribution in [0.15, 0.2) is 76.9 Å². The summed E-state index contributed by atoms with van der Waals surface area (Å²) in [5, 5.41) is 11.1. The van der Waals surface area contributed by atoms with Gasteiger partial charge in [0.25, 0.3) is 11.7 Å². The molecule has 0 spiro atoms. The van der Waals surface area contributed by atoms with Crippen LogP contribution in [0.25, 0.3) is 5.76 Å². The molecule has 0 radical (unpaired) electrons. The molecule has 7 heteroatoms. The number of aliphatic hydroxyl groups excluding tert-OH is 1. The Morgan fingerprint density at radius 3 is 2.27 bits per heavy atom. The van der Waals surface area contributed by atoms with Crippen LogP contribution in [0.1, 0.15) is 38.1 Å². The third-order valence-corrected chi connectivity index (χ3v) is 5.18. The highest BCUT2D eigenvalue weighted by atomic mass is 16.5. The van der Waals surface area contributed by atoms with Crippen molar-refractivity contribution in [2.75, 3.05) is 11.5 Å². The van der Waals surface area contributed by atoms with Gasteiger partial charge in [0.2, 0.25) is 0 Å². The second kappa shape index (κ2) is 9.24. The summed E-state index contributed by atoms with van der Waals surface area (Å²) in [6.07, 6.45) is 1.47. The third-order valence-electron chi connectivity index (χ3n) is 5.18. The van der Waals surface area contributed by atoms with Crippen LogP contribution < -0.4 is 14.4 Å². The van der Waals surface area contributed by atoms with Gasteiger partial charge in [-0.05, 0) is 81.4 Å². The maximum Gasteiger partial charge on any atom is 0.300 e. The number of ketones is 1. The molecule has 0 aliphatic carbocycles. The molecule has 4 rings (SSSR count). The highest BCUT2D eigenvalue weighted by molar-refractivity contribution is 6.51. The lowest BCUT2D eigenvalue weighted by molar-refractivity contribution is -0.132. The molecule has 1 N–H and O–H groups in total. The van der Waals surface area contributed by atoms with Crippen molar-refractivity contribution in [3.8, 4) is 11.5 Å². The van der Waals surface area contributed by atoms with E-state index >= 15 is 0 Å². The van der Waals surface area contributed by atoms with Gasteiger partial charge in [-0.1, -0.05) is 0 Å². The third kappa shape index (κ3) is 4.35. The number of hydrogen-bond acceptors (Lipinski definition) is 6. The van der Waals surface area contributed by atoms with E-state index in [1.165, 1.54) is 11.2 Å². The van der Waals surface area contributed by atoms with Gasteiger partial charge in [-0.3, -0.25) is 14.5 Å². The molecule has 7 nitrogen and oxygen atoms in total. The van der Waals surface area contributed by atoms with Gasteiger partial charge in [-0.25, -0.2) is 0 Å². The Bertz CT molecular complexity index is 1160. The lowest BCUT2D eigenvalue weighted by Crippen LogP contribution is -2.29. The monoisotopic (exact) mass is 447 g/mol. The molecule has 170 valence electrons. The summed E-state index contributed by atoms with van der Waals surface area (Å²) in [6, 6.07) is 16.0. The van der Waals surface area contributed by atoms with Crippen LogP contribution in [0.2, 0.25) is 0 Å². The Morgan fingerprint density at radius 1 is 1.03 bits per heavy atom. The number of nitrogens with zero attached hydrogens (tertiary/aromatic N) is 1. The smallest absolute Gasteiger partial charge is 0.300 e. The lowest BCUT2D eigenvalue weighted by Gasteiger charge is -2.23. The van der Waals surface area contributed by atoms with Crippen LogP contribution in [0, 0.1) is 0 Å². The maximum absolute atomic E-state index is 13.1. The van der Waals surface area contributed by atoms with E-state index in [0.717, 1.165) is 0 Å². The summed E-state index contributed by atoms with van der Waals surface area (Å²) in [7, 11) is 0. The fourth-order valence-corrected chi connectivity index (χ4v) is 3.80. The normalized spacial score (nSPS) is 17.6. The van der Waals surface area contributed by atoms with Gasteiger partial charge < -0.3 is 19.0 Å². The number of Topliss-reactive ketones (excluding diaryl/α,β-unsaturated/α-hetero) is 1. The van der Waals surface area contributed by atoms with Crippen molar-refractivity contribution in [3.63, 3.8) is 0 Å². The molecule has 33 heavy (non-hydrogen) atoms. The standard InChI is InChI=1S/C26H25NO6/c1-4-31-19-11-7-17(8-12-19)24(28)22-23(21-6-5-15-32-21)27(26(30)25(22)29)18-9-13-20(14-10-18)33-16(2)3/h5-16,23,28H,4H2,1-3H3/b24-22-. The van der Waals surface area contributed by atoms with Gasteiger partial charge in [-0.15, -0.1) is 0 Å². The van der Waals surface area contributed by atoms with Gasteiger partial charge in [-0.2, -0.15) is 0 Å². The van der Waals surface area contributed by atoms with Crippen LogP contribution in [-0.2, 0) is 9.59 Å². The Hall–Kier alpha value is -4.00. The average molecular weight is 447 g/mol. The van der Waals surface area contributed by atoms with Gasteiger partial charge in [0, 0.05) is 11.3 Å². The summed E-state index contributed by atoms with van der Waals surface area (Å²) in [6.45, 7) is 6.23. The SMILES string of the molecule is CCOc1ccc(/C(O)=C2/C(=O)C(=O)N(c3ccc(OC(C)C)cc3)C2c2ccco2)cc1. The number of furan rings is 1. The largest absolute Gasteiger partial charge is 0.507 e. The summed E-state index contributed by atoms with van der Waals surface area (Å²) in [4.78, 5) is 27.5. The van der Waals surface area contributed by atoms with Crippen LogP contribution in [0.5, 0.6) is 11.5 Å². The van der Waals surface area contributed by atoms with Gasteiger partial charge in [0.05, 0.1) is 24.5 Å². The van der Waals surface area contributed by atoms with Gasteiger partial charge >= 0.3 is 0 Å². The van der Waals surface area contributed by atoms with E-state index in [1.54, 1.807) is 60.7 Å². The highest BCUT2D eigenvalue weighted by Crippen LogP contribution is 2.42. The van der Waals surface area contributed by atoms with Crippen LogP contribution in [-0.4, -0.2) is 29.5 Å². The molecule has 2 aromatic carbocycles. The number of aliphatic hydroxyl groups is 1. The Balaban J connectivity index is 1.78. The first-order valence-electron chi connectivity index (χ1n) is 10.7. The first-order valence-corrected chi connectivity index (χ1v) is 10.7. The minimum Gasteiger partial charge on any atom is -0.507 e. The molecule has 1 saturated heterocycles. The van der Waals surface area contributed by atoms with Gasteiger partial charge in [0.1, 0.15) is 29.1 Å². The van der Waals surface area contributed by atoms with E-state index < -0.39 is 17.7 Å². The zero-order valence-corrected chi connectivity index (χ0v) is 18.6. The number of ether oxygens (including phenoxy) is 2. The predicted molar refractivity (Wildman–Crippen MR) is 123 cm³/mol. The molecule has 1 aliphatic rings. The molecular formula is C26H25NO6. The highest BCUT2D eigenvalue weighted by Gasteiger charge is 2.48. The van der Waals surface area contributed by atoms with E-state index in [-0.39, 0.29) is 17.4 Å². The van der Waals surface area contributed by atoms with E-state index in [0.29, 0.717) is 35.1 Å². The zero-order valence-electron chi connectivity index (χ0n) is 18.6. The molecule has 2 heterocycles. The molecule has 0 saturated carbocycles. The summed E-state index contributed by atoms with van der Waals surface area (Å²) in [5.41, 5.74) is 0.843. The number of anilines is 1. The van der Waals surface area contributed by atoms with Crippen molar-refractivity contribution < 1.29 is 28.6 Å². The molecule has 0 bridgehead atoms. The lowest BCUT2D eigenvalue weighted by atomic mass is 9.99. The van der Waals surface area contributed by atoms with Crippen molar-refractivity contribution >= 4 is 23.1 Å². The minimum absolute atomic E-state index is 0.00214. The Kier molecular flexibility index (Phi) is 6.22. The van der Waals surface area contributed by atoms with E-state index in [1.807, 2.05) is 20.8 Å². The summed E-state index contributed by atoms with van der Waals surface area (Å²) in [5.74, 6) is -0.161. The number of amides is 1. The Morgan fingerprint density at radius 2 is 1.70 bits per heavy atom. The molecular weight excluding hydrogens is 422 g/mol. The molecule has 1 fully saturated rings. The predicted octanol–water partition coefficient (Wildman–Crippen LogP) is 5.09. The number of rotatable bonds is 7. The van der Waals surface area contributed by atoms with Crippen molar-refractivity contribution in [3.05, 3.63) is 83.8 Å². The van der Waals surface area contributed by atoms with Gasteiger partial charge in [0.15, 0.2) is 0 Å². The topological polar surface area (TPSA) is 89.2 Å². The maximum atomic E-state index is 13.1. The minimum atomic E-state index is -0.913.